The molecule has 0 spiro atoms. The summed E-state index contributed by atoms with van der Waals surface area (Å²) in [5.41, 5.74) is 11.8. The zero-order chi connectivity index (χ0) is 21.4. The smallest absolute Gasteiger partial charge is 0.120 e. The Bertz CT molecular complexity index is 1050. The molecule has 0 saturated carbocycles. The largest absolute Gasteiger partial charge is 0.359 e. The van der Waals surface area contributed by atoms with Gasteiger partial charge in [-0.15, -0.1) is 0 Å². The molecular weight excluding hydrogens is 400 g/mol. The Morgan fingerprint density at radius 3 is 2.71 bits per heavy atom. The summed E-state index contributed by atoms with van der Waals surface area (Å²) in [6.07, 6.45) is 3.44. The lowest BCUT2D eigenvalue weighted by Gasteiger charge is -2.35. The van der Waals surface area contributed by atoms with Gasteiger partial charge in [0.15, 0.2) is 0 Å². The van der Waals surface area contributed by atoms with Crippen molar-refractivity contribution < 1.29 is 0 Å². The van der Waals surface area contributed by atoms with Gasteiger partial charge in [-0.25, -0.2) is 0 Å². The number of nitrogens with zero attached hydrogens (tertiary/aromatic N) is 3. The van der Waals surface area contributed by atoms with E-state index in [1.165, 1.54) is 27.9 Å². The molecule has 164 valence electrons. The van der Waals surface area contributed by atoms with Crippen LogP contribution in [-0.2, 0) is 18.3 Å². The van der Waals surface area contributed by atoms with E-state index in [9.17, 15) is 0 Å². The van der Waals surface area contributed by atoms with Crippen molar-refractivity contribution in [1.82, 2.24) is 9.27 Å². The summed E-state index contributed by atoms with van der Waals surface area (Å²) >= 11 is 1.65. The van der Waals surface area contributed by atoms with E-state index in [-0.39, 0.29) is 5.41 Å². The van der Waals surface area contributed by atoms with Gasteiger partial charge in [0.2, 0.25) is 0 Å². The van der Waals surface area contributed by atoms with Gasteiger partial charge in [0.05, 0.1) is 5.52 Å². The van der Waals surface area contributed by atoms with Gasteiger partial charge < -0.3 is 10.6 Å². The van der Waals surface area contributed by atoms with Gasteiger partial charge in [0.1, 0.15) is 5.00 Å². The van der Waals surface area contributed by atoms with Crippen molar-refractivity contribution in [2.45, 2.75) is 38.5 Å². The molecule has 1 saturated heterocycles. The van der Waals surface area contributed by atoms with E-state index in [1.807, 2.05) is 0 Å². The number of hydrogen-bond donors (Lipinski definition) is 1. The SMILES string of the molecule is CC1(C)c2cc(CCN3CCN(c4snc5ccccc45)CC3)ccc2CC1CCN. The fourth-order valence-electron chi connectivity index (χ4n) is 5.53. The summed E-state index contributed by atoms with van der Waals surface area (Å²) in [5.74, 6) is 0.679. The Morgan fingerprint density at radius 1 is 1.10 bits per heavy atom. The van der Waals surface area contributed by atoms with E-state index in [0.717, 1.165) is 57.6 Å². The van der Waals surface area contributed by atoms with Crippen LogP contribution in [0.3, 0.4) is 0 Å². The van der Waals surface area contributed by atoms with Crippen LogP contribution in [0.5, 0.6) is 0 Å². The van der Waals surface area contributed by atoms with E-state index < -0.39 is 0 Å². The van der Waals surface area contributed by atoms with Crippen LogP contribution in [0, 0.1) is 5.92 Å². The van der Waals surface area contributed by atoms with Gasteiger partial charge in [-0.05, 0) is 77.5 Å². The molecule has 1 fully saturated rings. The molecule has 2 N–H and O–H groups in total. The summed E-state index contributed by atoms with van der Waals surface area (Å²) in [7, 11) is 0. The first-order chi connectivity index (χ1) is 15.1. The molecule has 3 aromatic rings. The molecule has 4 nitrogen and oxygen atoms in total. The Kier molecular flexibility index (Phi) is 5.76. The molecule has 31 heavy (non-hydrogen) atoms. The average molecular weight is 435 g/mol. The topological polar surface area (TPSA) is 45.4 Å². The second kappa shape index (κ2) is 8.53. The Hall–Kier alpha value is -1.95. The predicted molar refractivity (Wildman–Crippen MR) is 132 cm³/mol. The molecule has 5 heteroatoms. The third-order valence-corrected chi connectivity index (χ3v) is 8.55. The molecule has 1 aliphatic carbocycles. The van der Waals surface area contributed by atoms with Crippen LogP contribution in [0.15, 0.2) is 42.5 Å². The molecule has 0 bridgehead atoms. The molecule has 1 aromatic heterocycles. The molecule has 5 rings (SSSR count). The molecular formula is C26H34N4S. The number of piperazine rings is 1. The van der Waals surface area contributed by atoms with Crippen LogP contribution < -0.4 is 10.6 Å². The summed E-state index contributed by atoms with van der Waals surface area (Å²) in [5, 5.41) is 2.64. The highest BCUT2D eigenvalue weighted by atomic mass is 32.1. The van der Waals surface area contributed by atoms with Crippen molar-refractivity contribution in [3.63, 3.8) is 0 Å². The first-order valence-corrected chi connectivity index (χ1v) is 12.5. The maximum atomic E-state index is 5.88. The molecule has 2 heterocycles. The highest BCUT2D eigenvalue weighted by molar-refractivity contribution is 7.11. The third-order valence-electron chi connectivity index (χ3n) is 7.61. The minimum Gasteiger partial charge on any atom is -0.359 e. The molecule has 0 amide bonds. The van der Waals surface area contributed by atoms with Gasteiger partial charge >= 0.3 is 0 Å². The number of nitrogens with two attached hydrogens (primary N) is 1. The van der Waals surface area contributed by atoms with Gasteiger partial charge in [0.25, 0.3) is 0 Å². The molecule has 0 radical (unpaired) electrons. The van der Waals surface area contributed by atoms with Crippen LogP contribution in [-0.4, -0.2) is 48.5 Å². The van der Waals surface area contributed by atoms with E-state index in [0.29, 0.717) is 5.92 Å². The number of anilines is 1. The van der Waals surface area contributed by atoms with Gasteiger partial charge in [0, 0.05) is 38.1 Å². The maximum Gasteiger partial charge on any atom is 0.120 e. The number of rotatable bonds is 6. The third kappa shape index (κ3) is 3.99. The second-order valence-corrected chi connectivity index (χ2v) is 10.5. The summed E-state index contributed by atoms with van der Waals surface area (Å²) in [4.78, 5) is 5.14. The average Bonchev–Trinajstić information content (AvgIpc) is 3.32. The van der Waals surface area contributed by atoms with Crippen LogP contribution in [0.2, 0.25) is 0 Å². The maximum absolute atomic E-state index is 5.88. The normalized spacial score (nSPS) is 21.0. The Balaban J connectivity index is 1.19. The van der Waals surface area contributed by atoms with Crippen molar-refractivity contribution in [2.24, 2.45) is 11.7 Å². The zero-order valence-electron chi connectivity index (χ0n) is 18.8. The monoisotopic (exact) mass is 434 g/mol. The minimum absolute atomic E-state index is 0.244. The van der Waals surface area contributed by atoms with E-state index >= 15 is 0 Å². The highest BCUT2D eigenvalue weighted by Crippen LogP contribution is 2.44. The van der Waals surface area contributed by atoms with E-state index in [2.05, 4.69) is 70.5 Å². The van der Waals surface area contributed by atoms with Gasteiger partial charge in [-0.1, -0.05) is 44.2 Å². The summed E-state index contributed by atoms with van der Waals surface area (Å²) < 4.78 is 4.63. The first-order valence-electron chi connectivity index (χ1n) is 11.7. The van der Waals surface area contributed by atoms with Crippen molar-refractivity contribution in [2.75, 3.05) is 44.2 Å². The lowest BCUT2D eigenvalue weighted by atomic mass is 9.76. The second-order valence-electron chi connectivity index (χ2n) is 9.78. The van der Waals surface area contributed by atoms with Crippen molar-refractivity contribution in [1.29, 1.82) is 0 Å². The van der Waals surface area contributed by atoms with Crippen molar-refractivity contribution in [3.05, 3.63) is 59.2 Å². The number of aromatic nitrogens is 1. The fraction of sp³-hybridized carbons (Fsp3) is 0.500. The zero-order valence-corrected chi connectivity index (χ0v) is 19.6. The van der Waals surface area contributed by atoms with Crippen LogP contribution in [0.1, 0.15) is 37.0 Å². The summed E-state index contributed by atoms with van der Waals surface area (Å²) in [6.45, 7) is 11.2. The fourth-order valence-corrected chi connectivity index (χ4v) is 6.44. The predicted octanol–water partition coefficient (Wildman–Crippen LogP) is 4.46. The van der Waals surface area contributed by atoms with E-state index in [1.54, 1.807) is 17.1 Å². The standard InChI is InChI=1S/C26H34N4S/c1-26(2)21(9-11-27)18-20-8-7-19(17-23(20)26)10-12-29-13-15-30(16-14-29)25-22-5-3-4-6-24(22)28-31-25/h3-8,17,21H,9-16,18,27H2,1-2H3. The van der Waals surface area contributed by atoms with Crippen LogP contribution >= 0.6 is 11.5 Å². The molecule has 2 aliphatic rings. The quantitative estimate of drug-likeness (QED) is 0.622. The summed E-state index contributed by atoms with van der Waals surface area (Å²) in [6, 6.07) is 15.7. The highest BCUT2D eigenvalue weighted by Gasteiger charge is 2.38. The van der Waals surface area contributed by atoms with Gasteiger partial charge in [-0.2, -0.15) is 4.37 Å². The molecule has 1 atom stereocenters. The molecule has 2 aromatic carbocycles. The van der Waals surface area contributed by atoms with Gasteiger partial charge in [-0.3, -0.25) is 4.90 Å². The first kappa shape index (κ1) is 20.9. The van der Waals surface area contributed by atoms with Crippen LogP contribution in [0.4, 0.5) is 5.00 Å². The lowest BCUT2D eigenvalue weighted by Crippen LogP contribution is -2.46. The Labute approximate surface area is 190 Å². The number of benzene rings is 2. The van der Waals surface area contributed by atoms with Crippen molar-refractivity contribution in [3.8, 4) is 0 Å². The minimum atomic E-state index is 0.244. The number of fused-ring (bicyclic) bond motifs is 2. The number of hydrogen-bond acceptors (Lipinski definition) is 5. The van der Waals surface area contributed by atoms with Crippen LogP contribution in [0.25, 0.3) is 10.9 Å². The Morgan fingerprint density at radius 2 is 1.90 bits per heavy atom. The van der Waals surface area contributed by atoms with E-state index in [4.69, 9.17) is 5.73 Å². The molecule has 1 unspecified atom stereocenters. The van der Waals surface area contributed by atoms with Crippen molar-refractivity contribution >= 4 is 27.4 Å². The lowest BCUT2D eigenvalue weighted by molar-refractivity contribution is 0.261. The molecule has 1 aliphatic heterocycles.